The largest absolute Gasteiger partial charge is 0.340 e. The molecule has 0 aliphatic heterocycles. The van der Waals surface area contributed by atoms with E-state index < -0.39 is 11.8 Å². The second-order valence-electron chi connectivity index (χ2n) is 5.75. The number of aryl methyl sites for hydroxylation is 1. The molecule has 0 spiro atoms. The number of nitrogens with one attached hydrogen (secondary N) is 2. The average Bonchev–Trinajstić information content (AvgIpc) is 3.03. The first-order chi connectivity index (χ1) is 12.0. The van der Waals surface area contributed by atoms with Gasteiger partial charge in [-0.15, -0.1) is 0 Å². The van der Waals surface area contributed by atoms with Crippen LogP contribution in [0.15, 0.2) is 42.6 Å². The normalized spacial score (nSPS) is 12.0. The number of hydrogen-bond acceptors (Lipinski definition) is 4. The Morgan fingerprint density at radius 3 is 2.36 bits per heavy atom. The number of hydrogen-bond donors (Lipinski definition) is 2. The topological polar surface area (TPSA) is 79.3 Å². The molecule has 1 heterocycles. The minimum atomic E-state index is -0.723. The van der Waals surface area contributed by atoms with Crippen LogP contribution in [-0.4, -0.2) is 46.1 Å². The fraction of sp³-hybridized carbons (Fsp3) is 0.389. The summed E-state index contributed by atoms with van der Waals surface area (Å²) in [6.07, 6.45) is 1.70. The lowest BCUT2D eigenvalue weighted by molar-refractivity contribution is -0.136. The number of anilines is 1. The molecule has 0 bridgehead atoms. The van der Waals surface area contributed by atoms with Gasteiger partial charge >= 0.3 is 11.8 Å². The molecule has 0 fully saturated rings. The maximum Gasteiger partial charge on any atom is 0.314 e. The SMILES string of the molecule is CCN(CC)C[C@@H](NC(=O)C(=O)Nc1ccn(C)n1)c1ccccc1. The van der Waals surface area contributed by atoms with E-state index in [9.17, 15) is 9.59 Å². The van der Waals surface area contributed by atoms with Crippen LogP contribution in [0.4, 0.5) is 5.82 Å². The van der Waals surface area contributed by atoms with Crippen LogP contribution in [-0.2, 0) is 16.6 Å². The molecule has 0 saturated heterocycles. The third-order valence-corrected chi connectivity index (χ3v) is 4.00. The molecule has 2 N–H and O–H groups in total. The second kappa shape index (κ2) is 8.98. The van der Waals surface area contributed by atoms with Gasteiger partial charge in [0, 0.05) is 25.9 Å². The molecule has 1 aromatic carbocycles. The Bertz CT molecular complexity index is 695. The Morgan fingerprint density at radius 2 is 1.80 bits per heavy atom. The molecule has 25 heavy (non-hydrogen) atoms. The number of carbonyl (C=O) groups excluding carboxylic acids is 2. The van der Waals surface area contributed by atoms with Gasteiger partial charge in [-0.05, 0) is 18.7 Å². The smallest absolute Gasteiger partial charge is 0.314 e. The summed E-state index contributed by atoms with van der Waals surface area (Å²) in [6, 6.07) is 11.0. The average molecular weight is 343 g/mol. The standard InChI is InChI=1S/C18H25N5O2/c1-4-23(5-2)13-15(14-9-7-6-8-10-14)19-17(24)18(25)20-16-11-12-22(3)21-16/h6-12,15H,4-5,13H2,1-3H3,(H,19,24)(H,20,21,25)/t15-/m1/s1. The highest BCUT2D eigenvalue weighted by Gasteiger charge is 2.22. The molecule has 0 aliphatic carbocycles. The summed E-state index contributed by atoms with van der Waals surface area (Å²) in [7, 11) is 1.74. The Hall–Kier alpha value is -2.67. The van der Waals surface area contributed by atoms with E-state index in [0.717, 1.165) is 18.7 Å². The van der Waals surface area contributed by atoms with E-state index in [4.69, 9.17) is 0 Å². The first kappa shape index (κ1) is 18.7. The first-order valence-corrected chi connectivity index (χ1v) is 8.42. The number of carbonyl (C=O) groups is 2. The van der Waals surface area contributed by atoms with Crippen molar-refractivity contribution in [1.29, 1.82) is 0 Å². The van der Waals surface area contributed by atoms with Gasteiger partial charge in [0.2, 0.25) is 0 Å². The van der Waals surface area contributed by atoms with Crippen LogP contribution in [0.1, 0.15) is 25.5 Å². The van der Waals surface area contributed by atoms with Gasteiger partial charge in [-0.1, -0.05) is 44.2 Å². The number of likely N-dealkylation sites (N-methyl/N-ethyl adjacent to an activating group) is 1. The molecule has 2 rings (SSSR count). The second-order valence-corrected chi connectivity index (χ2v) is 5.75. The van der Waals surface area contributed by atoms with Crippen molar-refractivity contribution >= 4 is 17.6 Å². The number of rotatable bonds is 7. The van der Waals surface area contributed by atoms with E-state index in [0.29, 0.717) is 12.4 Å². The van der Waals surface area contributed by atoms with Crippen molar-refractivity contribution in [2.24, 2.45) is 7.05 Å². The number of nitrogens with zero attached hydrogens (tertiary/aromatic N) is 3. The van der Waals surface area contributed by atoms with Gasteiger partial charge in [0.05, 0.1) is 6.04 Å². The third-order valence-electron chi connectivity index (χ3n) is 4.00. The van der Waals surface area contributed by atoms with Crippen LogP contribution < -0.4 is 10.6 Å². The molecule has 7 heteroatoms. The van der Waals surface area contributed by atoms with Gasteiger partial charge in [0.15, 0.2) is 5.82 Å². The lowest BCUT2D eigenvalue weighted by atomic mass is 10.1. The van der Waals surface area contributed by atoms with Crippen molar-refractivity contribution in [2.45, 2.75) is 19.9 Å². The van der Waals surface area contributed by atoms with Crippen LogP contribution in [0.3, 0.4) is 0 Å². The zero-order valence-corrected chi connectivity index (χ0v) is 14.9. The highest BCUT2D eigenvalue weighted by Crippen LogP contribution is 2.14. The molecule has 1 atom stereocenters. The molecule has 0 aliphatic rings. The zero-order chi connectivity index (χ0) is 18.2. The van der Waals surface area contributed by atoms with Crippen molar-refractivity contribution in [3.63, 3.8) is 0 Å². The maximum absolute atomic E-state index is 12.3. The highest BCUT2D eigenvalue weighted by molar-refractivity contribution is 6.39. The lowest BCUT2D eigenvalue weighted by Gasteiger charge is -2.26. The molecule has 1 aromatic heterocycles. The zero-order valence-electron chi connectivity index (χ0n) is 14.9. The van der Waals surface area contributed by atoms with Crippen molar-refractivity contribution < 1.29 is 9.59 Å². The minimum absolute atomic E-state index is 0.261. The fourth-order valence-corrected chi connectivity index (χ4v) is 2.54. The lowest BCUT2D eigenvalue weighted by Crippen LogP contribution is -2.42. The molecule has 7 nitrogen and oxygen atoms in total. The minimum Gasteiger partial charge on any atom is -0.340 e. The molecular weight excluding hydrogens is 318 g/mol. The van der Waals surface area contributed by atoms with E-state index in [2.05, 4.69) is 34.5 Å². The number of aromatic nitrogens is 2. The Morgan fingerprint density at radius 1 is 1.12 bits per heavy atom. The summed E-state index contributed by atoms with van der Waals surface area (Å²) in [5, 5.41) is 9.38. The van der Waals surface area contributed by atoms with Gasteiger partial charge in [0.1, 0.15) is 0 Å². The van der Waals surface area contributed by atoms with E-state index in [1.807, 2.05) is 30.3 Å². The van der Waals surface area contributed by atoms with E-state index in [-0.39, 0.29) is 6.04 Å². The van der Waals surface area contributed by atoms with Crippen molar-refractivity contribution in [3.05, 3.63) is 48.2 Å². The third kappa shape index (κ3) is 5.42. The fourth-order valence-electron chi connectivity index (χ4n) is 2.54. The Kier molecular flexibility index (Phi) is 6.71. The van der Waals surface area contributed by atoms with Gasteiger partial charge in [-0.2, -0.15) is 5.10 Å². The maximum atomic E-state index is 12.3. The van der Waals surface area contributed by atoms with Gasteiger partial charge in [0.25, 0.3) is 0 Å². The van der Waals surface area contributed by atoms with E-state index >= 15 is 0 Å². The van der Waals surface area contributed by atoms with Crippen molar-refractivity contribution in [1.82, 2.24) is 20.0 Å². The van der Waals surface area contributed by atoms with Crippen LogP contribution in [0.2, 0.25) is 0 Å². The first-order valence-electron chi connectivity index (χ1n) is 8.42. The summed E-state index contributed by atoms with van der Waals surface area (Å²) in [5.41, 5.74) is 0.966. The van der Waals surface area contributed by atoms with Crippen LogP contribution in [0, 0.1) is 0 Å². The highest BCUT2D eigenvalue weighted by atomic mass is 16.2. The molecule has 134 valence electrons. The number of benzene rings is 1. The summed E-state index contributed by atoms with van der Waals surface area (Å²) in [4.78, 5) is 26.7. The quantitative estimate of drug-likeness (QED) is 0.748. The summed E-state index contributed by atoms with van der Waals surface area (Å²) in [6.45, 7) is 6.52. The van der Waals surface area contributed by atoms with Crippen molar-refractivity contribution in [2.75, 3.05) is 25.0 Å². The Balaban J connectivity index is 2.06. The molecule has 2 aromatic rings. The van der Waals surface area contributed by atoms with Gasteiger partial charge in [-0.3, -0.25) is 14.3 Å². The molecule has 0 unspecified atom stereocenters. The monoisotopic (exact) mass is 343 g/mol. The summed E-state index contributed by atoms with van der Waals surface area (Å²) in [5.74, 6) is -1.05. The van der Waals surface area contributed by atoms with Crippen molar-refractivity contribution in [3.8, 4) is 0 Å². The summed E-state index contributed by atoms with van der Waals surface area (Å²) < 4.78 is 1.56. The molecular formula is C18H25N5O2. The van der Waals surface area contributed by atoms with Gasteiger partial charge in [-0.25, -0.2) is 0 Å². The van der Waals surface area contributed by atoms with Gasteiger partial charge < -0.3 is 15.5 Å². The molecule has 0 radical (unpaired) electrons. The van der Waals surface area contributed by atoms with Crippen LogP contribution in [0.5, 0.6) is 0 Å². The summed E-state index contributed by atoms with van der Waals surface area (Å²) >= 11 is 0. The number of amides is 2. The Labute approximate surface area is 148 Å². The molecule has 0 saturated carbocycles. The van der Waals surface area contributed by atoms with E-state index in [1.165, 1.54) is 0 Å². The predicted octanol–water partition coefficient (Wildman–Crippen LogP) is 1.56. The van der Waals surface area contributed by atoms with Crippen LogP contribution >= 0.6 is 0 Å². The van der Waals surface area contributed by atoms with Crippen LogP contribution in [0.25, 0.3) is 0 Å². The predicted molar refractivity (Wildman–Crippen MR) is 97.0 cm³/mol. The van der Waals surface area contributed by atoms with E-state index in [1.54, 1.807) is 24.0 Å². The molecule has 2 amide bonds.